The Hall–Kier alpha value is -1.35. The summed E-state index contributed by atoms with van der Waals surface area (Å²) < 4.78 is 5.53. The summed E-state index contributed by atoms with van der Waals surface area (Å²) in [5.74, 6) is 0.848. The van der Waals surface area contributed by atoms with Gasteiger partial charge in [0, 0.05) is 6.20 Å². The molecule has 1 aromatic rings. The van der Waals surface area contributed by atoms with Crippen molar-refractivity contribution in [2.24, 2.45) is 0 Å². The highest BCUT2D eigenvalue weighted by molar-refractivity contribution is 5.49. The third-order valence-electron chi connectivity index (χ3n) is 2.26. The van der Waals surface area contributed by atoms with Gasteiger partial charge in [-0.05, 0) is 37.6 Å². The molecule has 0 fully saturated rings. The zero-order chi connectivity index (χ0) is 12.3. The van der Waals surface area contributed by atoms with E-state index in [0.29, 0.717) is 0 Å². The molecule has 0 aliphatic heterocycles. The van der Waals surface area contributed by atoms with Crippen molar-refractivity contribution in [3.05, 3.63) is 30.1 Å². The van der Waals surface area contributed by atoms with Gasteiger partial charge in [0.15, 0.2) is 0 Å². The van der Waals surface area contributed by atoms with Crippen LogP contribution in [0.3, 0.4) is 0 Å². The van der Waals surface area contributed by atoms with Gasteiger partial charge in [-0.3, -0.25) is 4.98 Å². The Bertz CT molecular complexity index is 337. The molecule has 1 aromatic heterocycles. The summed E-state index contributed by atoms with van der Waals surface area (Å²) in [6.45, 7) is 7.00. The molecule has 1 rings (SSSR count). The molecule has 1 N–H and O–H groups in total. The largest absolute Gasteiger partial charge is 0.492 e. The van der Waals surface area contributed by atoms with Crippen molar-refractivity contribution in [3.8, 4) is 5.75 Å². The maximum atomic E-state index is 5.53. The van der Waals surface area contributed by atoms with Gasteiger partial charge >= 0.3 is 0 Å². The van der Waals surface area contributed by atoms with E-state index in [1.807, 2.05) is 12.3 Å². The van der Waals surface area contributed by atoms with Crippen LogP contribution in [0.25, 0.3) is 6.08 Å². The first-order valence-electron chi connectivity index (χ1n) is 6.32. The summed E-state index contributed by atoms with van der Waals surface area (Å²) in [6.07, 6.45) is 9.90. The van der Waals surface area contributed by atoms with Gasteiger partial charge in [-0.15, -0.1) is 0 Å². The van der Waals surface area contributed by atoms with Crippen LogP contribution < -0.4 is 10.1 Å². The van der Waals surface area contributed by atoms with E-state index in [0.717, 1.165) is 43.9 Å². The van der Waals surface area contributed by atoms with E-state index in [-0.39, 0.29) is 0 Å². The van der Waals surface area contributed by atoms with Crippen LogP contribution in [-0.2, 0) is 0 Å². The number of hydrogen-bond acceptors (Lipinski definition) is 3. The highest BCUT2D eigenvalue weighted by Gasteiger charge is 1.94. The summed E-state index contributed by atoms with van der Waals surface area (Å²) in [6, 6.07) is 2.02. The maximum absolute atomic E-state index is 5.53. The van der Waals surface area contributed by atoms with Gasteiger partial charge in [-0.2, -0.15) is 0 Å². The Morgan fingerprint density at radius 3 is 3.00 bits per heavy atom. The van der Waals surface area contributed by atoms with E-state index in [9.17, 15) is 0 Å². The van der Waals surface area contributed by atoms with Gasteiger partial charge in [0.25, 0.3) is 0 Å². The van der Waals surface area contributed by atoms with Crippen LogP contribution in [0.15, 0.2) is 24.5 Å². The Labute approximate surface area is 104 Å². The fourth-order valence-corrected chi connectivity index (χ4v) is 1.41. The zero-order valence-electron chi connectivity index (χ0n) is 10.8. The Morgan fingerprint density at radius 2 is 2.24 bits per heavy atom. The van der Waals surface area contributed by atoms with Gasteiger partial charge in [0.1, 0.15) is 5.75 Å². The molecule has 0 aliphatic carbocycles. The van der Waals surface area contributed by atoms with E-state index in [2.05, 4.69) is 36.3 Å². The standard InChI is InChI=1S/C14H22N2O/c1-3-9-17-14-10-13(11-16-12-14)7-5-6-8-15-4-2/h5,7,10-12,15H,3-4,6,8-9H2,1-2H3/b7-5+. The van der Waals surface area contributed by atoms with Crippen molar-refractivity contribution in [1.82, 2.24) is 10.3 Å². The minimum absolute atomic E-state index is 0.745. The highest BCUT2D eigenvalue weighted by Crippen LogP contribution is 2.12. The average molecular weight is 234 g/mol. The molecule has 0 amide bonds. The topological polar surface area (TPSA) is 34.1 Å². The monoisotopic (exact) mass is 234 g/mol. The summed E-state index contributed by atoms with van der Waals surface area (Å²) in [5, 5.41) is 3.28. The number of hydrogen-bond donors (Lipinski definition) is 1. The summed E-state index contributed by atoms with van der Waals surface area (Å²) >= 11 is 0. The van der Waals surface area contributed by atoms with Crippen molar-refractivity contribution >= 4 is 6.08 Å². The van der Waals surface area contributed by atoms with Crippen molar-refractivity contribution in [3.63, 3.8) is 0 Å². The molecule has 94 valence electrons. The van der Waals surface area contributed by atoms with E-state index < -0.39 is 0 Å². The van der Waals surface area contributed by atoms with Gasteiger partial charge in [-0.25, -0.2) is 0 Å². The number of nitrogens with zero attached hydrogens (tertiary/aromatic N) is 1. The molecule has 0 atom stereocenters. The van der Waals surface area contributed by atoms with Crippen LogP contribution in [0, 0.1) is 0 Å². The number of aromatic nitrogens is 1. The lowest BCUT2D eigenvalue weighted by Gasteiger charge is -2.04. The van der Waals surface area contributed by atoms with Crippen LogP contribution in [0.4, 0.5) is 0 Å². The fourth-order valence-electron chi connectivity index (χ4n) is 1.41. The van der Waals surface area contributed by atoms with Crippen LogP contribution in [0.2, 0.25) is 0 Å². The average Bonchev–Trinajstić information content (AvgIpc) is 2.37. The molecule has 0 aliphatic rings. The summed E-state index contributed by atoms with van der Waals surface area (Å²) in [4.78, 5) is 4.16. The number of nitrogens with one attached hydrogen (secondary N) is 1. The van der Waals surface area contributed by atoms with Crippen LogP contribution in [0.1, 0.15) is 32.3 Å². The van der Waals surface area contributed by atoms with Crippen molar-refractivity contribution in [1.29, 1.82) is 0 Å². The van der Waals surface area contributed by atoms with Crippen molar-refractivity contribution in [2.75, 3.05) is 19.7 Å². The SMILES string of the molecule is CCCOc1cncc(/C=C/CCNCC)c1. The molecule has 0 aromatic carbocycles. The third kappa shape index (κ3) is 6.07. The number of pyridine rings is 1. The summed E-state index contributed by atoms with van der Waals surface area (Å²) in [7, 11) is 0. The zero-order valence-corrected chi connectivity index (χ0v) is 10.8. The molecule has 0 unspecified atom stereocenters. The maximum Gasteiger partial charge on any atom is 0.138 e. The normalized spacial score (nSPS) is 10.9. The lowest BCUT2D eigenvalue weighted by Crippen LogP contribution is -2.12. The summed E-state index contributed by atoms with van der Waals surface area (Å²) in [5.41, 5.74) is 1.09. The molecule has 0 bridgehead atoms. The molecule has 3 heteroatoms. The highest BCUT2D eigenvalue weighted by atomic mass is 16.5. The Balaban J connectivity index is 2.41. The van der Waals surface area contributed by atoms with Gasteiger partial charge in [0.05, 0.1) is 12.8 Å². The molecule has 0 saturated carbocycles. The lowest BCUT2D eigenvalue weighted by atomic mass is 10.2. The van der Waals surface area contributed by atoms with Gasteiger partial charge < -0.3 is 10.1 Å². The number of rotatable bonds is 8. The van der Waals surface area contributed by atoms with E-state index in [4.69, 9.17) is 4.74 Å². The second-order valence-electron chi connectivity index (χ2n) is 3.85. The molecular weight excluding hydrogens is 212 g/mol. The molecule has 0 spiro atoms. The fraction of sp³-hybridized carbons (Fsp3) is 0.500. The van der Waals surface area contributed by atoms with Crippen LogP contribution in [0.5, 0.6) is 5.75 Å². The molecule has 0 saturated heterocycles. The predicted octanol–water partition coefficient (Wildman–Crippen LogP) is 2.88. The molecule has 3 nitrogen and oxygen atoms in total. The van der Waals surface area contributed by atoms with Gasteiger partial charge in [-0.1, -0.05) is 26.0 Å². The molecule has 1 heterocycles. The number of ether oxygens (including phenoxy) is 1. The van der Waals surface area contributed by atoms with Crippen LogP contribution >= 0.6 is 0 Å². The van der Waals surface area contributed by atoms with Crippen molar-refractivity contribution < 1.29 is 4.74 Å². The Kier molecular flexibility index (Phi) is 7.07. The first kappa shape index (κ1) is 13.7. The first-order chi connectivity index (χ1) is 8.36. The first-order valence-corrected chi connectivity index (χ1v) is 6.32. The second-order valence-corrected chi connectivity index (χ2v) is 3.85. The molecule has 17 heavy (non-hydrogen) atoms. The lowest BCUT2D eigenvalue weighted by molar-refractivity contribution is 0.316. The second kappa shape index (κ2) is 8.76. The minimum Gasteiger partial charge on any atom is -0.492 e. The Morgan fingerprint density at radius 1 is 1.35 bits per heavy atom. The van der Waals surface area contributed by atoms with E-state index in [1.165, 1.54) is 0 Å². The molecule has 0 radical (unpaired) electrons. The van der Waals surface area contributed by atoms with E-state index >= 15 is 0 Å². The van der Waals surface area contributed by atoms with Gasteiger partial charge in [0.2, 0.25) is 0 Å². The van der Waals surface area contributed by atoms with E-state index in [1.54, 1.807) is 6.20 Å². The quantitative estimate of drug-likeness (QED) is 0.702. The molecular formula is C14H22N2O. The minimum atomic E-state index is 0.745. The predicted molar refractivity (Wildman–Crippen MR) is 72.2 cm³/mol. The third-order valence-corrected chi connectivity index (χ3v) is 2.26. The van der Waals surface area contributed by atoms with Crippen molar-refractivity contribution in [2.45, 2.75) is 26.7 Å². The smallest absolute Gasteiger partial charge is 0.138 e. The van der Waals surface area contributed by atoms with Crippen LogP contribution in [-0.4, -0.2) is 24.7 Å².